The van der Waals surface area contributed by atoms with Gasteiger partial charge in [-0.15, -0.1) is 0 Å². The predicted molar refractivity (Wildman–Crippen MR) is 109 cm³/mol. The summed E-state index contributed by atoms with van der Waals surface area (Å²) in [5.41, 5.74) is 0. The number of aliphatic hydroxyl groups excluding tert-OH is 1. The zero-order chi connectivity index (χ0) is 20.1. The van der Waals surface area contributed by atoms with E-state index in [2.05, 4.69) is 27.4 Å². The van der Waals surface area contributed by atoms with Crippen LogP contribution in [0.4, 0.5) is 8.78 Å². The maximum Gasteiger partial charge on any atom is 0.291 e. The lowest BCUT2D eigenvalue weighted by atomic mass is 10.1. The number of aliphatic hydroxyl groups is 1. The van der Waals surface area contributed by atoms with Crippen LogP contribution in [0.5, 0.6) is 0 Å². The quantitative estimate of drug-likeness (QED) is 0.542. The maximum atomic E-state index is 13.6. The number of benzene rings is 2. The van der Waals surface area contributed by atoms with Gasteiger partial charge in [-0.25, -0.2) is 0 Å². The van der Waals surface area contributed by atoms with Crippen molar-refractivity contribution in [2.24, 2.45) is 0 Å². The molecule has 0 aliphatic heterocycles. The van der Waals surface area contributed by atoms with E-state index in [9.17, 15) is 13.9 Å². The summed E-state index contributed by atoms with van der Waals surface area (Å²) in [6.07, 6.45) is -1.49. The van der Waals surface area contributed by atoms with Crippen molar-refractivity contribution in [2.45, 2.75) is 44.3 Å². The molecule has 1 N–H and O–H groups in total. The second-order valence-corrected chi connectivity index (χ2v) is 12.0. The molecule has 146 valence electrons. The van der Waals surface area contributed by atoms with Crippen LogP contribution >= 0.6 is 0 Å². The highest BCUT2D eigenvalue weighted by atomic mass is 28.4. The Morgan fingerprint density at radius 1 is 1.00 bits per heavy atom. The van der Waals surface area contributed by atoms with Crippen molar-refractivity contribution in [2.75, 3.05) is 6.61 Å². The lowest BCUT2D eigenvalue weighted by Gasteiger charge is -2.43. The van der Waals surface area contributed by atoms with Crippen molar-refractivity contribution in [3.63, 3.8) is 0 Å². The number of halogens is 2. The summed E-state index contributed by atoms with van der Waals surface area (Å²) in [5.74, 6) is -3.32. The Bertz CT molecular complexity index is 687. The molecule has 2 aromatic rings. The fourth-order valence-corrected chi connectivity index (χ4v) is 7.99. The van der Waals surface area contributed by atoms with Gasteiger partial charge in [0.1, 0.15) is 6.10 Å². The van der Waals surface area contributed by atoms with E-state index in [1.165, 1.54) is 0 Å². The fraction of sp³-hybridized carbons (Fsp3) is 0.364. The summed E-state index contributed by atoms with van der Waals surface area (Å²) in [4.78, 5) is 0. The molecule has 0 radical (unpaired) electrons. The van der Waals surface area contributed by atoms with Crippen LogP contribution in [0.2, 0.25) is 5.04 Å². The van der Waals surface area contributed by atoms with Crippen LogP contribution in [0.15, 0.2) is 73.3 Å². The molecule has 0 amide bonds. The van der Waals surface area contributed by atoms with Crippen LogP contribution in [0.3, 0.4) is 0 Å². The first-order chi connectivity index (χ1) is 12.6. The van der Waals surface area contributed by atoms with E-state index in [0.29, 0.717) is 6.08 Å². The van der Waals surface area contributed by atoms with Crippen LogP contribution < -0.4 is 10.4 Å². The monoisotopic (exact) mass is 390 g/mol. The van der Waals surface area contributed by atoms with Crippen molar-refractivity contribution >= 4 is 18.7 Å². The van der Waals surface area contributed by atoms with E-state index < -0.39 is 20.3 Å². The molecule has 0 aliphatic rings. The Labute approximate surface area is 161 Å². The molecule has 0 bridgehead atoms. The normalized spacial score (nSPS) is 14.0. The third-order valence-electron chi connectivity index (χ3n) is 4.84. The first kappa shape index (κ1) is 21.5. The summed E-state index contributed by atoms with van der Waals surface area (Å²) >= 11 is 0. The van der Waals surface area contributed by atoms with Gasteiger partial charge in [-0.1, -0.05) is 88.0 Å². The fourth-order valence-electron chi connectivity index (χ4n) is 3.41. The van der Waals surface area contributed by atoms with Gasteiger partial charge in [-0.05, 0) is 21.5 Å². The second kappa shape index (κ2) is 8.46. The zero-order valence-electron chi connectivity index (χ0n) is 16.2. The lowest BCUT2D eigenvalue weighted by Crippen LogP contribution is -2.66. The molecule has 1 atom stereocenters. The van der Waals surface area contributed by atoms with Crippen molar-refractivity contribution < 1.29 is 18.3 Å². The summed E-state index contributed by atoms with van der Waals surface area (Å²) in [5, 5.41) is 11.8. The van der Waals surface area contributed by atoms with Gasteiger partial charge < -0.3 is 9.53 Å². The number of hydrogen-bond donors (Lipinski definition) is 1. The molecule has 2 aromatic carbocycles. The minimum atomic E-state index is -3.32. The summed E-state index contributed by atoms with van der Waals surface area (Å²) in [6, 6.07) is 19.9. The minimum Gasteiger partial charge on any atom is -0.407 e. The average molecular weight is 391 g/mol. The Morgan fingerprint density at radius 3 is 1.81 bits per heavy atom. The molecule has 0 heterocycles. The van der Waals surface area contributed by atoms with Crippen molar-refractivity contribution in [3.05, 3.63) is 73.3 Å². The SMILES string of the molecule is C=CC(F)(F)C(O)CCO[Si](c1ccccc1)(c1ccccc1)C(C)(C)C. The van der Waals surface area contributed by atoms with Crippen LogP contribution in [0, 0.1) is 0 Å². The van der Waals surface area contributed by atoms with Crippen LogP contribution in [0.25, 0.3) is 0 Å². The van der Waals surface area contributed by atoms with Crippen molar-refractivity contribution in [1.82, 2.24) is 0 Å². The highest BCUT2D eigenvalue weighted by molar-refractivity contribution is 6.99. The highest BCUT2D eigenvalue weighted by Gasteiger charge is 2.50. The van der Waals surface area contributed by atoms with E-state index in [4.69, 9.17) is 4.43 Å². The first-order valence-corrected chi connectivity index (χ1v) is 11.0. The molecule has 0 saturated carbocycles. The molecular formula is C22H28F2O2Si. The lowest BCUT2D eigenvalue weighted by molar-refractivity contribution is -0.0764. The number of alkyl halides is 2. The molecule has 5 heteroatoms. The molecular weight excluding hydrogens is 362 g/mol. The second-order valence-electron chi connectivity index (χ2n) is 7.69. The van der Waals surface area contributed by atoms with Gasteiger partial charge in [0.2, 0.25) is 0 Å². The molecule has 0 spiro atoms. The highest BCUT2D eigenvalue weighted by Crippen LogP contribution is 2.37. The molecule has 1 unspecified atom stereocenters. The van der Waals surface area contributed by atoms with Gasteiger partial charge in [-0.3, -0.25) is 0 Å². The number of rotatable bonds is 8. The third kappa shape index (κ3) is 4.54. The molecule has 0 aliphatic carbocycles. The van der Waals surface area contributed by atoms with Crippen LogP contribution in [-0.4, -0.2) is 32.1 Å². The first-order valence-electron chi connectivity index (χ1n) is 9.09. The summed E-state index contributed by atoms with van der Waals surface area (Å²) < 4.78 is 33.8. The van der Waals surface area contributed by atoms with E-state index in [1.54, 1.807) is 0 Å². The Hall–Kier alpha value is -1.82. The Kier molecular flexibility index (Phi) is 6.73. The number of hydrogen-bond acceptors (Lipinski definition) is 2. The maximum absolute atomic E-state index is 13.6. The molecule has 0 fully saturated rings. The smallest absolute Gasteiger partial charge is 0.291 e. The summed E-state index contributed by atoms with van der Waals surface area (Å²) in [7, 11) is -2.77. The minimum absolute atomic E-state index is 0.0396. The Morgan fingerprint density at radius 2 is 1.44 bits per heavy atom. The molecule has 27 heavy (non-hydrogen) atoms. The van der Waals surface area contributed by atoms with Gasteiger partial charge in [0.05, 0.1) is 0 Å². The van der Waals surface area contributed by atoms with E-state index in [0.717, 1.165) is 10.4 Å². The molecule has 2 rings (SSSR count). The zero-order valence-corrected chi connectivity index (χ0v) is 17.2. The molecule has 2 nitrogen and oxygen atoms in total. The average Bonchev–Trinajstić information content (AvgIpc) is 2.65. The predicted octanol–water partition coefficient (Wildman–Crippen LogP) is 4.14. The largest absolute Gasteiger partial charge is 0.407 e. The van der Waals surface area contributed by atoms with Crippen LogP contribution in [-0.2, 0) is 4.43 Å². The third-order valence-corrected chi connectivity index (χ3v) is 9.89. The van der Waals surface area contributed by atoms with Gasteiger partial charge >= 0.3 is 0 Å². The molecule has 0 aromatic heterocycles. The van der Waals surface area contributed by atoms with Gasteiger partial charge in [0, 0.05) is 13.0 Å². The van der Waals surface area contributed by atoms with Crippen LogP contribution in [0.1, 0.15) is 27.2 Å². The van der Waals surface area contributed by atoms with E-state index >= 15 is 0 Å². The van der Waals surface area contributed by atoms with E-state index in [-0.39, 0.29) is 18.1 Å². The van der Waals surface area contributed by atoms with Gasteiger partial charge in [0.25, 0.3) is 14.2 Å². The van der Waals surface area contributed by atoms with Gasteiger partial charge in [-0.2, -0.15) is 8.78 Å². The van der Waals surface area contributed by atoms with E-state index in [1.807, 2.05) is 60.7 Å². The van der Waals surface area contributed by atoms with Crippen molar-refractivity contribution in [1.29, 1.82) is 0 Å². The topological polar surface area (TPSA) is 29.5 Å². The molecule has 0 saturated heterocycles. The van der Waals surface area contributed by atoms with Gasteiger partial charge in [0.15, 0.2) is 0 Å². The van der Waals surface area contributed by atoms with Crippen molar-refractivity contribution in [3.8, 4) is 0 Å². The standard InChI is InChI=1S/C22H28F2O2Si/c1-5-22(23,24)20(25)16-17-26-27(21(2,3)4,18-12-8-6-9-13-18)19-14-10-7-11-15-19/h5-15,20,25H,1,16-17H2,2-4H3. The summed E-state index contributed by atoms with van der Waals surface area (Å²) in [6.45, 7) is 9.50. The Balaban J connectivity index is 2.43.